The summed E-state index contributed by atoms with van der Waals surface area (Å²) in [5.74, 6) is 1.57. The van der Waals surface area contributed by atoms with Crippen molar-refractivity contribution in [3.8, 4) is 0 Å². The number of nitrogens with zero attached hydrogens (tertiary/aromatic N) is 3. The van der Waals surface area contributed by atoms with Gasteiger partial charge in [-0.1, -0.05) is 55.8 Å². The summed E-state index contributed by atoms with van der Waals surface area (Å²) >= 11 is 8.10. The van der Waals surface area contributed by atoms with Crippen LogP contribution >= 0.6 is 11.6 Å². The predicted octanol–water partition coefficient (Wildman–Crippen LogP) is 5.37. The molecule has 190 valence electrons. The Kier molecular flexibility index (Phi) is 13.0. The van der Waals surface area contributed by atoms with E-state index in [1.165, 1.54) is 19.1 Å². The maximum absolute atomic E-state index is 14.6. The Hall–Kier alpha value is -1.69. The second-order valence-corrected chi connectivity index (χ2v) is 8.29. The van der Waals surface area contributed by atoms with Crippen LogP contribution < -0.4 is 5.32 Å². The number of hydrogen-bond acceptors (Lipinski definition) is 6. The van der Waals surface area contributed by atoms with Crippen LogP contribution in [0.4, 0.5) is 4.39 Å². The fraction of sp³-hybridized carbons (Fsp3) is 0.538. The van der Waals surface area contributed by atoms with Gasteiger partial charge in [0.2, 0.25) is 12.2 Å². The normalized spacial score (nSPS) is 21.4. The van der Waals surface area contributed by atoms with Gasteiger partial charge in [0, 0.05) is 24.3 Å². The molecule has 2 fully saturated rings. The molecule has 0 aliphatic carbocycles. The van der Waals surface area contributed by atoms with Crippen LogP contribution in [0.3, 0.4) is 0 Å². The lowest BCUT2D eigenvalue weighted by Gasteiger charge is -2.34. The molecule has 0 spiro atoms. The number of rotatable bonds is 7. The summed E-state index contributed by atoms with van der Waals surface area (Å²) in [6, 6.07) is 9.74. The third-order valence-electron chi connectivity index (χ3n) is 6.13. The molecule has 2 radical (unpaired) electrons. The Bertz CT molecular complexity index is 898. The van der Waals surface area contributed by atoms with Crippen molar-refractivity contribution in [2.75, 3.05) is 26.7 Å². The summed E-state index contributed by atoms with van der Waals surface area (Å²) < 4.78 is 26.8. The molecule has 2 saturated heterocycles. The minimum atomic E-state index is -0.769. The molecular formula is C26H37AlClFN4O2. The van der Waals surface area contributed by atoms with Gasteiger partial charge in [0.25, 0.3) is 0 Å². The Morgan fingerprint density at radius 2 is 1.91 bits per heavy atom. The molecule has 3 aliphatic heterocycles. The Morgan fingerprint density at radius 3 is 2.51 bits per heavy atom. The van der Waals surface area contributed by atoms with Crippen molar-refractivity contribution in [2.45, 2.75) is 63.8 Å². The van der Waals surface area contributed by atoms with Crippen LogP contribution in [0, 0.1) is 0 Å². The fourth-order valence-corrected chi connectivity index (χ4v) is 4.74. The highest BCUT2D eigenvalue weighted by Gasteiger charge is 2.45. The van der Waals surface area contributed by atoms with Crippen LogP contribution in [0.1, 0.15) is 45.1 Å². The number of halogens is 2. The van der Waals surface area contributed by atoms with E-state index in [0.717, 1.165) is 37.0 Å². The molecule has 1 aromatic rings. The highest BCUT2D eigenvalue weighted by molar-refractivity contribution is 6.26. The molecule has 0 aromatic heterocycles. The minimum Gasteiger partial charge on any atom is -0.472 e. The third-order valence-corrected chi connectivity index (χ3v) is 6.33. The van der Waals surface area contributed by atoms with Gasteiger partial charge in [-0.15, -0.1) is 5.79 Å². The SMILES string of the molecule is CC.CN=CC1=C(/C(F)=C/Cl)NC(OCC23CCCN2CCC3)N=C1OCc1ccccc1.[CH3][Al]. The van der Waals surface area contributed by atoms with Crippen LogP contribution in [0.5, 0.6) is 0 Å². The van der Waals surface area contributed by atoms with E-state index in [9.17, 15) is 4.39 Å². The molecule has 35 heavy (non-hydrogen) atoms. The number of fused-ring (bicyclic) bond motifs is 1. The number of hydrogen-bond donors (Lipinski definition) is 1. The standard InChI is InChI=1S/C23H28ClFN4O2.C2H6.CH3.Al/c1-26-14-18-20(19(25)13-24)27-22(28-21(18)30-15-17-7-3-2-4-8-17)31-16-23-9-5-11-29(23)12-6-10-23;1-2;;/h2-4,7-8,13-14,22,27H,5-6,9-12,15-16H2,1H3;1-2H3;1H3;/b19-13-,26-14?;;;. The molecule has 0 bridgehead atoms. The maximum atomic E-state index is 14.6. The summed E-state index contributed by atoms with van der Waals surface area (Å²) in [6.07, 6.45) is 5.34. The Morgan fingerprint density at radius 1 is 1.26 bits per heavy atom. The highest BCUT2D eigenvalue weighted by atomic mass is 35.5. The summed E-state index contributed by atoms with van der Waals surface area (Å²) in [7, 11) is 1.61. The molecule has 4 rings (SSSR count). The molecule has 1 N–H and O–H groups in total. The van der Waals surface area contributed by atoms with E-state index < -0.39 is 12.2 Å². The highest BCUT2D eigenvalue weighted by Crippen LogP contribution is 2.39. The summed E-state index contributed by atoms with van der Waals surface area (Å²) in [4.78, 5) is 11.1. The van der Waals surface area contributed by atoms with Crippen LogP contribution in [-0.2, 0) is 16.1 Å². The minimum absolute atomic E-state index is 0.0676. The van der Waals surface area contributed by atoms with Gasteiger partial charge >= 0.3 is 0 Å². The van der Waals surface area contributed by atoms with E-state index in [1.807, 2.05) is 50.0 Å². The van der Waals surface area contributed by atoms with E-state index >= 15 is 0 Å². The largest absolute Gasteiger partial charge is 0.472 e. The van der Waals surface area contributed by atoms with Crippen molar-refractivity contribution in [1.82, 2.24) is 10.2 Å². The van der Waals surface area contributed by atoms with Crippen molar-refractivity contribution in [1.29, 1.82) is 0 Å². The Balaban J connectivity index is 0.00000103. The summed E-state index contributed by atoms with van der Waals surface area (Å²) in [5.41, 5.74) is 2.50. The number of aliphatic imine (C=N–C) groups is 2. The summed E-state index contributed by atoms with van der Waals surface area (Å²) in [5, 5.41) is 3.02. The van der Waals surface area contributed by atoms with Gasteiger partial charge in [-0.05, 0) is 44.3 Å². The van der Waals surface area contributed by atoms with Crippen molar-refractivity contribution in [3.05, 3.63) is 58.5 Å². The lowest BCUT2D eigenvalue weighted by Crippen LogP contribution is -2.46. The van der Waals surface area contributed by atoms with Gasteiger partial charge in [0.05, 0.1) is 17.9 Å². The van der Waals surface area contributed by atoms with E-state index in [2.05, 4.69) is 36.5 Å². The molecule has 6 nitrogen and oxygen atoms in total. The topological polar surface area (TPSA) is 58.5 Å². The smallest absolute Gasteiger partial charge is 0.229 e. The first kappa shape index (κ1) is 29.5. The second-order valence-electron chi connectivity index (χ2n) is 8.07. The number of benzene rings is 1. The molecule has 0 amide bonds. The van der Waals surface area contributed by atoms with Gasteiger partial charge in [0.1, 0.15) is 22.9 Å². The zero-order valence-electron chi connectivity index (χ0n) is 21.3. The van der Waals surface area contributed by atoms with Gasteiger partial charge < -0.3 is 14.8 Å². The average molecular weight is 519 g/mol. The first-order valence-corrected chi connectivity index (χ1v) is 13.8. The molecular weight excluding hydrogens is 482 g/mol. The van der Waals surface area contributed by atoms with Crippen LogP contribution in [0.15, 0.2) is 62.9 Å². The van der Waals surface area contributed by atoms with Crippen molar-refractivity contribution < 1.29 is 13.9 Å². The molecule has 3 aliphatic rings. The number of ether oxygens (including phenoxy) is 2. The van der Waals surface area contributed by atoms with Gasteiger partial charge in [-0.25, -0.2) is 4.39 Å². The summed E-state index contributed by atoms with van der Waals surface area (Å²) in [6.45, 7) is 7.06. The van der Waals surface area contributed by atoms with Crippen LogP contribution in [-0.4, -0.2) is 71.9 Å². The van der Waals surface area contributed by atoms with Gasteiger partial charge in [0.15, 0.2) is 5.83 Å². The lowest BCUT2D eigenvalue weighted by atomic mass is 9.95. The van der Waals surface area contributed by atoms with E-state index in [4.69, 9.17) is 21.1 Å². The van der Waals surface area contributed by atoms with E-state index in [-0.39, 0.29) is 17.1 Å². The Labute approximate surface area is 222 Å². The first-order valence-electron chi connectivity index (χ1n) is 12.2. The van der Waals surface area contributed by atoms with Gasteiger partial charge in [-0.2, -0.15) is 4.99 Å². The zero-order valence-corrected chi connectivity index (χ0v) is 23.2. The zero-order chi connectivity index (χ0) is 25.7. The first-order chi connectivity index (χ1) is 17.1. The maximum Gasteiger partial charge on any atom is 0.229 e. The van der Waals surface area contributed by atoms with Gasteiger partial charge in [-0.3, -0.25) is 9.89 Å². The average Bonchev–Trinajstić information content (AvgIpc) is 3.50. The monoisotopic (exact) mass is 518 g/mol. The van der Waals surface area contributed by atoms with Crippen molar-refractivity contribution in [3.63, 3.8) is 0 Å². The molecule has 1 unspecified atom stereocenters. The lowest BCUT2D eigenvalue weighted by molar-refractivity contribution is -0.0208. The number of nitrogens with one attached hydrogen (secondary N) is 1. The van der Waals surface area contributed by atoms with Crippen molar-refractivity contribution in [2.24, 2.45) is 9.98 Å². The molecule has 3 heterocycles. The molecule has 9 heteroatoms. The molecule has 1 aromatic carbocycles. The van der Waals surface area contributed by atoms with Crippen molar-refractivity contribution >= 4 is 40.0 Å². The fourth-order valence-electron chi connectivity index (χ4n) is 4.63. The predicted molar refractivity (Wildman–Crippen MR) is 144 cm³/mol. The third kappa shape index (κ3) is 7.65. The molecule has 1 atom stereocenters. The van der Waals surface area contributed by atoms with Crippen LogP contribution in [0.25, 0.3) is 0 Å². The van der Waals surface area contributed by atoms with E-state index in [1.54, 1.807) is 7.05 Å². The molecule has 0 saturated carbocycles. The quantitative estimate of drug-likeness (QED) is 0.389. The number of allylic oxidation sites excluding steroid dienone is 1. The van der Waals surface area contributed by atoms with Crippen LogP contribution in [0.2, 0.25) is 5.79 Å². The second kappa shape index (κ2) is 15.4. The van der Waals surface area contributed by atoms with E-state index in [0.29, 0.717) is 18.8 Å².